The van der Waals surface area contributed by atoms with Gasteiger partial charge in [-0.2, -0.15) is 0 Å². The highest BCUT2D eigenvalue weighted by Crippen LogP contribution is 2.35. The van der Waals surface area contributed by atoms with Crippen molar-refractivity contribution in [3.8, 4) is 11.5 Å². The molecule has 2 aliphatic rings. The van der Waals surface area contributed by atoms with Gasteiger partial charge in [-0.05, 0) is 72.3 Å². The second kappa shape index (κ2) is 12.9. The molecule has 0 atom stereocenters. The van der Waals surface area contributed by atoms with Crippen LogP contribution >= 0.6 is 11.8 Å². The number of thioether (sulfide) groups is 1. The first-order valence-electron chi connectivity index (χ1n) is 13.4. The quantitative estimate of drug-likeness (QED) is 0.325. The summed E-state index contributed by atoms with van der Waals surface area (Å²) >= 11 is 0.812. The van der Waals surface area contributed by atoms with E-state index < -0.39 is 11.1 Å². The number of halogens is 1. The van der Waals surface area contributed by atoms with Crippen molar-refractivity contribution in [1.29, 1.82) is 0 Å². The SMILES string of the molecule is CCOc1cc(/C=C2/SC(=O)N(CC(=O)N3CCN(c4ccccc4)CC3)C2=O)ccc1OCc1ccc(F)cc1. The average Bonchev–Trinajstić information content (AvgIpc) is 3.25. The van der Waals surface area contributed by atoms with Gasteiger partial charge in [-0.15, -0.1) is 0 Å². The van der Waals surface area contributed by atoms with Crippen LogP contribution in [0.2, 0.25) is 0 Å². The molecule has 0 bridgehead atoms. The minimum atomic E-state index is -0.495. The number of piperazine rings is 1. The molecule has 2 heterocycles. The lowest BCUT2D eigenvalue weighted by molar-refractivity contribution is -0.136. The van der Waals surface area contributed by atoms with E-state index in [1.165, 1.54) is 12.1 Å². The van der Waals surface area contributed by atoms with E-state index in [-0.39, 0.29) is 29.8 Å². The molecular formula is C31H30FN3O5S. The fraction of sp³-hybridized carbons (Fsp3) is 0.258. The molecule has 2 saturated heterocycles. The van der Waals surface area contributed by atoms with Crippen LogP contribution in [0.5, 0.6) is 11.5 Å². The molecule has 10 heteroatoms. The third kappa shape index (κ3) is 6.89. The maximum absolute atomic E-state index is 13.2. The molecule has 0 aliphatic carbocycles. The van der Waals surface area contributed by atoms with Gasteiger partial charge in [0.25, 0.3) is 11.1 Å². The lowest BCUT2D eigenvalue weighted by atomic mass is 10.1. The maximum Gasteiger partial charge on any atom is 0.294 e. The highest BCUT2D eigenvalue weighted by molar-refractivity contribution is 8.18. The number of carbonyl (C=O) groups is 3. The van der Waals surface area contributed by atoms with Crippen molar-refractivity contribution in [3.05, 3.63) is 94.6 Å². The van der Waals surface area contributed by atoms with E-state index in [9.17, 15) is 18.8 Å². The Labute approximate surface area is 242 Å². The number of benzene rings is 3. The largest absolute Gasteiger partial charge is 0.490 e. The standard InChI is InChI=1S/C31H30FN3O5S/c1-2-39-27-18-23(10-13-26(27)40-21-22-8-11-24(32)12-9-22)19-28-30(37)35(31(38)41-28)20-29(36)34-16-14-33(15-17-34)25-6-4-3-5-7-25/h3-13,18-19H,2,14-17,20-21H2,1H3/b28-19+. The summed E-state index contributed by atoms with van der Waals surface area (Å²) in [6.07, 6.45) is 1.61. The molecule has 0 aromatic heterocycles. The van der Waals surface area contributed by atoms with E-state index in [1.54, 1.807) is 41.3 Å². The number of hydrogen-bond acceptors (Lipinski definition) is 7. The molecule has 3 aromatic rings. The Morgan fingerprint density at radius 1 is 0.927 bits per heavy atom. The third-order valence-corrected chi connectivity index (χ3v) is 7.70. The van der Waals surface area contributed by atoms with Gasteiger partial charge in [0.1, 0.15) is 19.0 Å². The van der Waals surface area contributed by atoms with E-state index in [4.69, 9.17) is 9.47 Å². The molecule has 0 radical (unpaired) electrons. The number of rotatable bonds is 9. The van der Waals surface area contributed by atoms with Crippen LogP contribution in [0.15, 0.2) is 77.7 Å². The number of imide groups is 1. The molecule has 0 saturated carbocycles. The molecule has 8 nitrogen and oxygen atoms in total. The Balaban J connectivity index is 1.21. The van der Waals surface area contributed by atoms with Gasteiger partial charge >= 0.3 is 0 Å². The number of anilines is 1. The summed E-state index contributed by atoms with van der Waals surface area (Å²) in [5.41, 5.74) is 2.56. The van der Waals surface area contributed by atoms with Crippen LogP contribution in [0.3, 0.4) is 0 Å². The first kappa shape index (κ1) is 28.2. The van der Waals surface area contributed by atoms with Crippen molar-refractivity contribution in [2.24, 2.45) is 0 Å². The predicted molar refractivity (Wildman–Crippen MR) is 156 cm³/mol. The molecule has 2 aliphatic heterocycles. The fourth-order valence-electron chi connectivity index (χ4n) is 4.62. The minimum absolute atomic E-state index is 0.230. The summed E-state index contributed by atoms with van der Waals surface area (Å²) in [6.45, 7) is 4.61. The zero-order valence-corrected chi connectivity index (χ0v) is 23.4. The second-order valence-electron chi connectivity index (χ2n) is 9.53. The predicted octanol–water partition coefficient (Wildman–Crippen LogP) is 5.19. The number of para-hydroxylation sites is 1. The van der Waals surface area contributed by atoms with Crippen LogP contribution in [-0.4, -0.2) is 66.2 Å². The summed E-state index contributed by atoms with van der Waals surface area (Å²) in [7, 11) is 0. The van der Waals surface area contributed by atoms with E-state index >= 15 is 0 Å². The fourth-order valence-corrected chi connectivity index (χ4v) is 5.46. The van der Waals surface area contributed by atoms with Crippen molar-refractivity contribution in [3.63, 3.8) is 0 Å². The van der Waals surface area contributed by atoms with E-state index in [0.29, 0.717) is 49.8 Å². The van der Waals surface area contributed by atoms with Crippen LogP contribution in [0.1, 0.15) is 18.1 Å². The molecule has 41 heavy (non-hydrogen) atoms. The molecular weight excluding hydrogens is 545 g/mol. The van der Waals surface area contributed by atoms with Crippen molar-refractivity contribution in [2.45, 2.75) is 13.5 Å². The van der Waals surface area contributed by atoms with Crippen LogP contribution in [-0.2, 0) is 16.2 Å². The van der Waals surface area contributed by atoms with Gasteiger partial charge in [0.15, 0.2) is 11.5 Å². The highest BCUT2D eigenvalue weighted by Gasteiger charge is 2.37. The smallest absolute Gasteiger partial charge is 0.294 e. The van der Waals surface area contributed by atoms with Gasteiger partial charge in [0.2, 0.25) is 5.91 Å². The number of nitrogens with zero attached hydrogens (tertiary/aromatic N) is 3. The van der Waals surface area contributed by atoms with Gasteiger partial charge < -0.3 is 19.3 Å². The lowest BCUT2D eigenvalue weighted by Crippen LogP contribution is -2.51. The van der Waals surface area contributed by atoms with E-state index in [0.717, 1.165) is 27.9 Å². The van der Waals surface area contributed by atoms with Crippen LogP contribution in [0.4, 0.5) is 14.9 Å². The normalized spacial score (nSPS) is 16.4. The van der Waals surface area contributed by atoms with Crippen molar-refractivity contribution >= 4 is 40.6 Å². The minimum Gasteiger partial charge on any atom is -0.490 e. The Hall–Kier alpha value is -4.31. The summed E-state index contributed by atoms with van der Waals surface area (Å²) < 4.78 is 24.8. The van der Waals surface area contributed by atoms with Crippen molar-refractivity contribution in [2.75, 3.05) is 44.2 Å². The zero-order valence-electron chi connectivity index (χ0n) is 22.6. The summed E-state index contributed by atoms with van der Waals surface area (Å²) in [5, 5.41) is -0.471. The molecule has 0 N–H and O–H groups in total. The van der Waals surface area contributed by atoms with Gasteiger partial charge in [0.05, 0.1) is 11.5 Å². The van der Waals surface area contributed by atoms with Crippen LogP contribution < -0.4 is 14.4 Å². The van der Waals surface area contributed by atoms with Gasteiger partial charge in [0, 0.05) is 31.9 Å². The first-order chi connectivity index (χ1) is 19.9. The Bertz CT molecular complexity index is 1440. The lowest BCUT2D eigenvalue weighted by Gasteiger charge is -2.36. The molecule has 5 rings (SSSR count). The Morgan fingerprint density at radius 2 is 1.66 bits per heavy atom. The van der Waals surface area contributed by atoms with Crippen LogP contribution in [0, 0.1) is 5.82 Å². The van der Waals surface area contributed by atoms with E-state index in [2.05, 4.69) is 4.90 Å². The molecule has 3 aromatic carbocycles. The third-order valence-electron chi connectivity index (χ3n) is 6.79. The average molecular weight is 576 g/mol. The van der Waals surface area contributed by atoms with Gasteiger partial charge in [-0.3, -0.25) is 19.3 Å². The molecule has 0 spiro atoms. The number of hydrogen-bond donors (Lipinski definition) is 0. The maximum atomic E-state index is 13.2. The first-order valence-corrected chi connectivity index (χ1v) is 14.2. The van der Waals surface area contributed by atoms with Crippen molar-refractivity contribution < 1.29 is 28.2 Å². The molecule has 3 amide bonds. The second-order valence-corrected chi connectivity index (χ2v) is 10.5. The Morgan fingerprint density at radius 3 is 2.37 bits per heavy atom. The van der Waals surface area contributed by atoms with Crippen molar-refractivity contribution in [1.82, 2.24) is 9.80 Å². The molecule has 0 unspecified atom stereocenters. The topological polar surface area (TPSA) is 79.4 Å². The Kier molecular flexibility index (Phi) is 8.88. The van der Waals surface area contributed by atoms with Gasteiger partial charge in [-0.25, -0.2) is 4.39 Å². The zero-order chi connectivity index (χ0) is 28.8. The number of ether oxygens (including phenoxy) is 2. The van der Waals surface area contributed by atoms with Gasteiger partial charge in [-0.1, -0.05) is 36.4 Å². The number of carbonyl (C=O) groups excluding carboxylic acids is 3. The molecule has 2 fully saturated rings. The monoisotopic (exact) mass is 575 g/mol. The number of amides is 3. The van der Waals surface area contributed by atoms with Crippen LogP contribution in [0.25, 0.3) is 6.08 Å². The molecule has 212 valence electrons. The highest BCUT2D eigenvalue weighted by atomic mass is 32.2. The van der Waals surface area contributed by atoms with E-state index in [1.807, 2.05) is 37.3 Å². The summed E-state index contributed by atoms with van der Waals surface area (Å²) in [6, 6.07) is 21.3. The summed E-state index contributed by atoms with van der Waals surface area (Å²) in [4.78, 5) is 43.9. The summed E-state index contributed by atoms with van der Waals surface area (Å²) in [5.74, 6) is -0.0798.